The first-order valence-corrected chi connectivity index (χ1v) is 10.1. The van der Waals surface area contributed by atoms with Gasteiger partial charge in [0.1, 0.15) is 18.2 Å². The Labute approximate surface area is 164 Å². The zero-order valence-electron chi connectivity index (χ0n) is 16.6. The van der Waals surface area contributed by atoms with Crippen LogP contribution in [0.15, 0.2) is 35.3 Å². The Bertz CT molecular complexity index is 975. The number of aliphatic hydroxyl groups is 1. The average molecular weight is 381 g/mol. The molecule has 0 radical (unpaired) electrons. The predicted octanol–water partition coefficient (Wildman–Crippen LogP) is 3.17. The van der Waals surface area contributed by atoms with Crippen molar-refractivity contribution in [1.82, 2.24) is 19.7 Å². The Kier molecular flexibility index (Phi) is 3.98. The number of hydrogen-bond acceptors (Lipinski definition) is 6. The number of benzene rings is 1. The molecule has 0 bridgehead atoms. The number of fused-ring (bicyclic) bond motifs is 2. The number of rotatable bonds is 2. The molecule has 1 aromatic carbocycles. The molecular formula is C21H27N5O2. The fourth-order valence-electron chi connectivity index (χ4n) is 4.75. The van der Waals surface area contributed by atoms with Gasteiger partial charge in [-0.1, -0.05) is 26.8 Å². The minimum atomic E-state index is -0.388. The van der Waals surface area contributed by atoms with E-state index in [0.29, 0.717) is 17.9 Å². The summed E-state index contributed by atoms with van der Waals surface area (Å²) in [6.07, 6.45) is 4.53. The lowest BCUT2D eigenvalue weighted by Crippen LogP contribution is -2.36. The molecule has 2 aromatic heterocycles. The van der Waals surface area contributed by atoms with Gasteiger partial charge in [-0.25, -0.2) is 9.67 Å². The van der Waals surface area contributed by atoms with Gasteiger partial charge in [-0.2, -0.15) is 10.1 Å². The Morgan fingerprint density at radius 1 is 1.14 bits per heavy atom. The fourth-order valence-corrected chi connectivity index (χ4v) is 4.75. The molecule has 4 atom stereocenters. The van der Waals surface area contributed by atoms with Gasteiger partial charge >= 0.3 is 0 Å². The summed E-state index contributed by atoms with van der Waals surface area (Å²) in [6.45, 7) is 8.40. The maximum absolute atomic E-state index is 10.6. The molecular weight excluding hydrogens is 354 g/mol. The summed E-state index contributed by atoms with van der Waals surface area (Å²) in [6, 6.07) is 6.99. The van der Waals surface area contributed by atoms with Gasteiger partial charge in [-0.15, -0.1) is 0 Å². The minimum Gasteiger partial charge on any atom is -0.423 e. The third-order valence-corrected chi connectivity index (χ3v) is 6.40. The first-order valence-electron chi connectivity index (χ1n) is 10.1. The van der Waals surface area contributed by atoms with E-state index in [1.165, 1.54) is 11.9 Å². The maximum Gasteiger partial charge on any atom is 0.298 e. The maximum atomic E-state index is 10.6. The highest BCUT2D eigenvalue weighted by molar-refractivity contribution is 5.75. The molecule has 7 heteroatoms. The van der Waals surface area contributed by atoms with Crippen LogP contribution in [-0.4, -0.2) is 44.0 Å². The summed E-state index contributed by atoms with van der Waals surface area (Å²) in [5.41, 5.74) is 3.09. The lowest BCUT2D eigenvalue weighted by atomic mass is 9.77. The first-order chi connectivity index (χ1) is 13.4. The Balaban J connectivity index is 1.37. The molecule has 1 saturated heterocycles. The average Bonchev–Trinajstić information content (AvgIpc) is 3.37. The Hall–Kier alpha value is -2.41. The van der Waals surface area contributed by atoms with Crippen LogP contribution in [0.25, 0.3) is 11.1 Å². The smallest absolute Gasteiger partial charge is 0.298 e. The van der Waals surface area contributed by atoms with Gasteiger partial charge < -0.3 is 14.4 Å². The van der Waals surface area contributed by atoms with Crippen LogP contribution in [0.5, 0.6) is 0 Å². The molecule has 7 nitrogen and oxygen atoms in total. The van der Waals surface area contributed by atoms with Gasteiger partial charge in [0.15, 0.2) is 5.58 Å². The van der Waals surface area contributed by atoms with Gasteiger partial charge in [-0.05, 0) is 47.8 Å². The van der Waals surface area contributed by atoms with Crippen molar-refractivity contribution < 1.29 is 9.52 Å². The third kappa shape index (κ3) is 2.98. The van der Waals surface area contributed by atoms with Crippen molar-refractivity contribution in [2.45, 2.75) is 51.2 Å². The van der Waals surface area contributed by atoms with Crippen molar-refractivity contribution in [3.63, 3.8) is 0 Å². The van der Waals surface area contributed by atoms with E-state index in [1.54, 1.807) is 11.0 Å². The van der Waals surface area contributed by atoms with E-state index in [4.69, 9.17) is 9.40 Å². The number of hydrogen-bond donors (Lipinski definition) is 1. The van der Waals surface area contributed by atoms with E-state index in [2.05, 4.69) is 47.9 Å². The van der Waals surface area contributed by atoms with Crippen LogP contribution in [-0.2, 0) is 5.41 Å². The molecule has 1 saturated carbocycles. The lowest BCUT2D eigenvalue weighted by molar-refractivity contribution is 0.0305. The summed E-state index contributed by atoms with van der Waals surface area (Å²) >= 11 is 0. The highest BCUT2D eigenvalue weighted by Gasteiger charge is 2.43. The van der Waals surface area contributed by atoms with Crippen molar-refractivity contribution in [3.8, 4) is 0 Å². The molecule has 1 aliphatic heterocycles. The van der Waals surface area contributed by atoms with E-state index < -0.39 is 0 Å². The molecule has 3 aromatic rings. The van der Waals surface area contributed by atoms with Gasteiger partial charge in [0.2, 0.25) is 0 Å². The second-order valence-electron chi connectivity index (χ2n) is 9.34. The van der Waals surface area contributed by atoms with E-state index >= 15 is 0 Å². The zero-order chi connectivity index (χ0) is 19.5. The van der Waals surface area contributed by atoms with Crippen LogP contribution >= 0.6 is 0 Å². The Morgan fingerprint density at radius 3 is 2.64 bits per heavy atom. The van der Waals surface area contributed by atoms with Gasteiger partial charge in [0.25, 0.3) is 6.01 Å². The Morgan fingerprint density at radius 2 is 1.93 bits per heavy atom. The van der Waals surface area contributed by atoms with E-state index in [9.17, 15) is 5.11 Å². The van der Waals surface area contributed by atoms with E-state index in [0.717, 1.165) is 37.0 Å². The predicted molar refractivity (Wildman–Crippen MR) is 106 cm³/mol. The summed E-state index contributed by atoms with van der Waals surface area (Å²) in [5.74, 6) is 0.952. The monoisotopic (exact) mass is 381 g/mol. The quantitative estimate of drug-likeness (QED) is 0.734. The second kappa shape index (κ2) is 6.30. The zero-order valence-corrected chi connectivity index (χ0v) is 16.6. The molecule has 0 amide bonds. The van der Waals surface area contributed by atoms with E-state index in [-0.39, 0.29) is 17.6 Å². The topological polar surface area (TPSA) is 80.2 Å². The van der Waals surface area contributed by atoms with Crippen molar-refractivity contribution >= 4 is 17.1 Å². The number of aromatic nitrogens is 4. The van der Waals surface area contributed by atoms with Crippen LogP contribution in [0.3, 0.4) is 0 Å². The molecule has 0 spiro atoms. The van der Waals surface area contributed by atoms with Crippen molar-refractivity contribution in [1.29, 1.82) is 0 Å². The van der Waals surface area contributed by atoms with Crippen LogP contribution in [0, 0.1) is 11.8 Å². The number of aliphatic hydroxyl groups excluding tert-OH is 1. The lowest BCUT2D eigenvalue weighted by Gasteiger charge is -2.34. The normalized spacial score (nSPS) is 28.1. The number of nitrogens with zero attached hydrogens (tertiary/aromatic N) is 5. The highest BCUT2D eigenvalue weighted by atomic mass is 16.4. The summed E-state index contributed by atoms with van der Waals surface area (Å²) in [7, 11) is 0. The van der Waals surface area contributed by atoms with Crippen LogP contribution in [0.2, 0.25) is 0 Å². The highest BCUT2D eigenvalue weighted by Crippen LogP contribution is 2.42. The number of oxazole rings is 1. The van der Waals surface area contributed by atoms with Crippen LogP contribution in [0.1, 0.15) is 45.2 Å². The standard InChI is InChI=1S/C21H27N5O2/c1-21(2,3)15-4-5-19-16(8-15)24-20(28-19)25-9-13-6-17(26-12-22-11-23-26)18(27)7-14(13)10-25/h4-5,8,11-14,17-18,27H,6-7,9-10H2,1-3H3/t13-,14+,17-,18-/m1/s1. The molecule has 2 fully saturated rings. The van der Waals surface area contributed by atoms with Gasteiger partial charge in [0, 0.05) is 13.1 Å². The molecule has 28 heavy (non-hydrogen) atoms. The summed E-state index contributed by atoms with van der Waals surface area (Å²) in [4.78, 5) is 11.1. The first kappa shape index (κ1) is 17.7. The third-order valence-electron chi connectivity index (χ3n) is 6.40. The van der Waals surface area contributed by atoms with Crippen molar-refractivity contribution in [2.24, 2.45) is 11.8 Å². The largest absolute Gasteiger partial charge is 0.423 e. The molecule has 1 N–H and O–H groups in total. The second-order valence-corrected chi connectivity index (χ2v) is 9.34. The summed E-state index contributed by atoms with van der Waals surface area (Å²) < 4.78 is 7.88. The molecule has 3 heterocycles. The van der Waals surface area contributed by atoms with Crippen LogP contribution in [0.4, 0.5) is 6.01 Å². The molecule has 148 valence electrons. The molecule has 5 rings (SSSR count). The van der Waals surface area contributed by atoms with Crippen molar-refractivity contribution in [3.05, 3.63) is 36.4 Å². The van der Waals surface area contributed by atoms with E-state index in [1.807, 2.05) is 6.07 Å². The minimum absolute atomic E-state index is 0.00155. The van der Waals surface area contributed by atoms with Gasteiger partial charge in [0.05, 0.1) is 12.1 Å². The SMILES string of the molecule is CC(C)(C)c1ccc2oc(N3C[C@H]4C[C@@H](n5cncn5)[C@H](O)C[C@H]4C3)nc2c1. The fraction of sp³-hybridized carbons (Fsp3) is 0.571. The number of anilines is 1. The molecule has 1 aliphatic carbocycles. The molecule has 0 unspecified atom stereocenters. The molecule has 2 aliphatic rings. The van der Waals surface area contributed by atoms with Crippen molar-refractivity contribution in [2.75, 3.05) is 18.0 Å². The summed E-state index contributed by atoms with van der Waals surface area (Å²) in [5, 5.41) is 14.9. The van der Waals surface area contributed by atoms with Gasteiger partial charge in [-0.3, -0.25) is 0 Å². The van der Waals surface area contributed by atoms with Crippen LogP contribution < -0.4 is 4.90 Å².